The molecule has 3 saturated heterocycles. The Morgan fingerprint density at radius 3 is 2.45 bits per heavy atom. The minimum absolute atomic E-state index is 0.0108. The Morgan fingerprint density at radius 1 is 0.985 bits per heavy atom. The molecule has 1 amide bonds. The second-order valence-corrected chi connectivity index (χ2v) is 17.3. The van der Waals surface area contributed by atoms with Gasteiger partial charge in [0.15, 0.2) is 65.2 Å². The number of aromatic nitrogens is 6. The first-order valence-corrected chi connectivity index (χ1v) is 22.2. The van der Waals surface area contributed by atoms with Crippen LogP contribution in [0.5, 0.6) is 0 Å². The highest BCUT2D eigenvalue weighted by Gasteiger charge is 2.56. The van der Waals surface area contributed by atoms with E-state index in [1.54, 1.807) is 44.2 Å². The summed E-state index contributed by atoms with van der Waals surface area (Å²) < 4.78 is 86.5. The molecular formula is C39H43BF2N10O11P2. The number of alkyl halides is 2. The third-order valence-electron chi connectivity index (χ3n) is 10.3. The Morgan fingerprint density at radius 2 is 1.69 bits per heavy atom. The van der Waals surface area contributed by atoms with Gasteiger partial charge in [0.2, 0.25) is 15.4 Å². The summed E-state index contributed by atoms with van der Waals surface area (Å²) in [6.07, 6.45) is -8.71. The number of ether oxygens (including phenoxy) is 2. The number of halogens is 2. The van der Waals surface area contributed by atoms with Gasteiger partial charge in [-0.3, -0.25) is 23.5 Å². The maximum atomic E-state index is 17.1. The predicted molar refractivity (Wildman–Crippen MR) is 228 cm³/mol. The van der Waals surface area contributed by atoms with Crippen LogP contribution >= 0.6 is 16.4 Å². The van der Waals surface area contributed by atoms with E-state index in [4.69, 9.17) is 36.6 Å². The first-order chi connectivity index (χ1) is 31.4. The standard InChI is InChI=1S/C39H43BF2N10O11P2/c1-21(2)24(53)14-23-15-25(54)30-36(49-23)52(19-47-30)39-29(42)33-26(60-39)16-57-64(56-12-6-10-43)62-32-27(17-59-65(40,63-33)58-13-7-11-44)61-38(28(32)41)51-20-48-31-34(45-18-46-35(31)51)50-37(55)22-8-4-3-5-9-22/h3-5,8-9,18-21,26-29,32-33,38-39H,6-7,12-17H2,1-2,40H3,(H,45,46,50,55)/t26-,27?,28-,29-,32-,33-,38-,39-,64?,65?/m1/s1. The summed E-state index contributed by atoms with van der Waals surface area (Å²) in [5, 5.41) is 21.3. The lowest BCUT2D eigenvalue weighted by Crippen LogP contribution is -2.38. The monoisotopic (exact) mass is 938 g/mol. The van der Waals surface area contributed by atoms with Gasteiger partial charge in [-0.1, -0.05) is 32.0 Å². The molecule has 4 aromatic rings. The SMILES string of the molecule is [BH3-][P+]1(OCCC#N)OCC2O[C@@H](n3cnc4c(NC(=O)c5ccccc5)ncnc43)[C@H](F)[C@@H]2OP(OCCC#N)OC[C@H]2O[C@@H](n3cnc4c3N=C(CC(=O)C(C)C)CC4=O)[C@H](F)[C@@H]2O1. The lowest BCUT2D eigenvalue weighted by molar-refractivity contribution is -0.120. The molecule has 1 N–H and O–H groups in total. The van der Waals surface area contributed by atoms with Gasteiger partial charge in [-0.25, -0.2) is 47.3 Å². The van der Waals surface area contributed by atoms with Crippen molar-refractivity contribution in [3.05, 3.63) is 60.6 Å². The average molecular weight is 939 g/mol. The number of nitriles is 2. The van der Waals surface area contributed by atoms with E-state index in [1.807, 2.05) is 12.1 Å². The van der Waals surface area contributed by atoms with Crippen LogP contribution in [0.25, 0.3) is 11.2 Å². The van der Waals surface area contributed by atoms with Crippen molar-refractivity contribution in [3.8, 4) is 12.1 Å². The molecule has 1 aromatic carbocycles. The smallest absolute Gasteiger partial charge is 0.333 e. The molecule has 7 heterocycles. The number of aliphatic imine (C=N–C) groups is 1. The number of nitrogens with one attached hydrogen (secondary N) is 1. The molecule has 26 heteroatoms. The van der Waals surface area contributed by atoms with Gasteiger partial charge in [0.25, 0.3) is 5.91 Å². The summed E-state index contributed by atoms with van der Waals surface area (Å²) in [7, 11) is -7.06. The number of anilines is 1. The van der Waals surface area contributed by atoms with Gasteiger partial charge in [0, 0.05) is 23.6 Å². The van der Waals surface area contributed by atoms with Crippen molar-refractivity contribution in [1.29, 1.82) is 10.5 Å². The summed E-state index contributed by atoms with van der Waals surface area (Å²) in [5.74, 6) is -1.17. The summed E-state index contributed by atoms with van der Waals surface area (Å²) >= 11 is 0. The molecule has 3 fully saturated rings. The number of Topliss-reactive ketones (excluding diaryl/α,β-unsaturated/α-hetero) is 2. The third kappa shape index (κ3) is 10.0. The third-order valence-corrected chi connectivity index (χ3v) is 12.7. The minimum Gasteiger partial charge on any atom is -0.346 e. The fraction of sp³-hybridized carbons (Fsp3) is 0.487. The number of rotatable bonds is 13. The fourth-order valence-electron chi connectivity index (χ4n) is 7.06. The first kappa shape index (κ1) is 46.4. The molecule has 21 nitrogen and oxygen atoms in total. The number of carbonyl (C=O) groups is 3. The summed E-state index contributed by atoms with van der Waals surface area (Å²) in [5.41, 5.74) is 0.942. The fourth-order valence-corrected chi connectivity index (χ4v) is 9.38. The molecule has 4 aliphatic heterocycles. The molecule has 3 aromatic heterocycles. The lowest BCUT2D eigenvalue weighted by Gasteiger charge is -2.32. The summed E-state index contributed by atoms with van der Waals surface area (Å²) in [6.45, 7) is 2.36. The number of fused-ring (bicyclic) bond motifs is 4. The number of amides is 1. The van der Waals surface area contributed by atoms with E-state index in [9.17, 15) is 24.9 Å². The number of ketones is 2. The number of hydrogen-bond donors (Lipinski definition) is 1. The van der Waals surface area contributed by atoms with Crippen LogP contribution < -0.4 is 5.32 Å². The Hall–Kier alpha value is -5.10. The molecule has 4 aliphatic rings. The van der Waals surface area contributed by atoms with Crippen LogP contribution in [0.3, 0.4) is 0 Å². The number of imidazole rings is 2. The van der Waals surface area contributed by atoms with Crippen LogP contribution in [-0.2, 0) is 41.4 Å². The van der Waals surface area contributed by atoms with Crippen LogP contribution in [0.2, 0.25) is 0 Å². The van der Waals surface area contributed by atoms with Gasteiger partial charge in [-0.15, -0.1) is 0 Å². The molecule has 8 rings (SSSR count). The van der Waals surface area contributed by atoms with Gasteiger partial charge in [0.05, 0.1) is 57.3 Å². The summed E-state index contributed by atoms with van der Waals surface area (Å²) in [4.78, 5) is 60.4. The van der Waals surface area contributed by atoms with E-state index in [2.05, 4.69) is 30.2 Å². The van der Waals surface area contributed by atoms with Gasteiger partial charge < -0.3 is 28.4 Å². The van der Waals surface area contributed by atoms with Crippen LogP contribution in [0.1, 0.15) is 72.8 Å². The van der Waals surface area contributed by atoms with Crippen molar-refractivity contribution in [2.75, 3.05) is 31.7 Å². The number of benzene rings is 1. The molecule has 0 saturated carbocycles. The Labute approximate surface area is 372 Å². The maximum absolute atomic E-state index is 17.1. The zero-order chi connectivity index (χ0) is 45.8. The molecule has 0 radical (unpaired) electrons. The van der Waals surface area contributed by atoms with Crippen LogP contribution in [0.4, 0.5) is 20.4 Å². The number of carbonyl (C=O) groups excluding carboxylic acids is 3. The molecule has 0 aliphatic carbocycles. The Kier molecular flexibility index (Phi) is 14.4. The van der Waals surface area contributed by atoms with Crippen molar-refractivity contribution in [2.45, 2.75) is 88.7 Å². The highest BCUT2D eigenvalue weighted by atomic mass is 31.2. The highest BCUT2D eigenvalue weighted by Crippen LogP contribution is 2.62. The normalized spacial score (nSPS) is 29.1. The van der Waals surface area contributed by atoms with E-state index in [-0.39, 0.29) is 79.1 Å². The first-order valence-electron chi connectivity index (χ1n) is 20.1. The van der Waals surface area contributed by atoms with Gasteiger partial charge in [-0.2, -0.15) is 10.5 Å². The number of nitrogens with zero attached hydrogens (tertiary/aromatic N) is 9. The summed E-state index contributed by atoms with van der Waals surface area (Å²) in [6, 6.07) is 12.4. The molecular weight excluding hydrogens is 895 g/mol. The lowest BCUT2D eigenvalue weighted by atomic mass is 9.98. The van der Waals surface area contributed by atoms with Crippen molar-refractivity contribution < 1.29 is 59.8 Å². The van der Waals surface area contributed by atoms with E-state index < -0.39 is 98.1 Å². The highest BCUT2D eigenvalue weighted by molar-refractivity contribution is 7.85. The van der Waals surface area contributed by atoms with Crippen molar-refractivity contribution >= 4 is 70.0 Å². The van der Waals surface area contributed by atoms with E-state index in [1.165, 1.54) is 28.1 Å². The minimum atomic E-state index is -3.42. The van der Waals surface area contributed by atoms with Crippen LogP contribution in [0, 0.1) is 28.6 Å². The molecule has 342 valence electrons. The second kappa shape index (κ2) is 20.2. The van der Waals surface area contributed by atoms with Crippen LogP contribution in [0.15, 0.2) is 54.3 Å². The van der Waals surface area contributed by atoms with Crippen molar-refractivity contribution in [3.63, 3.8) is 0 Å². The molecule has 0 bridgehead atoms. The van der Waals surface area contributed by atoms with E-state index in [0.29, 0.717) is 11.3 Å². The Balaban J connectivity index is 1.08. The zero-order valence-electron chi connectivity index (χ0n) is 34.1. The van der Waals surface area contributed by atoms with Gasteiger partial charge in [0.1, 0.15) is 43.6 Å². The molecule has 0 spiro atoms. The van der Waals surface area contributed by atoms with E-state index >= 15 is 8.78 Å². The second-order valence-electron chi connectivity index (χ2n) is 14.9. The average Bonchev–Trinajstić information content (AvgIpc) is 4.06. The van der Waals surface area contributed by atoms with Gasteiger partial charge in [-0.05, 0) is 12.1 Å². The maximum Gasteiger partial charge on any atom is 0.333 e. The quantitative estimate of drug-likeness (QED) is 0.109. The topological polar surface area (TPSA) is 258 Å². The van der Waals surface area contributed by atoms with E-state index in [0.717, 1.165) is 0 Å². The molecule has 65 heavy (non-hydrogen) atoms. The van der Waals surface area contributed by atoms with Crippen LogP contribution in [-0.4, -0.2) is 123 Å². The van der Waals surface area contributed by atoms with Crippen molar-refractivity contribution in [1.82, 2.24) is 29.1 Å². The number of hydrogen-bond acceptors (Lipinski definition) is 18. The molecule has 10 atom stereocenters. The molecule has 3 unspecified atom stereocenters. The van der Waals surface area contributed by atoms with Crippen molar-refractivity contribution in [2.24, 2.45) is 10.9 Å². The zero-order valence-corrected chi connectivity index (χ0v) is 35.9. The Bertz CT molecular complexity index is 2530. The predicted octanol–water partition coefficient (Wildman–Crippen LogP) is 4.67. The largest absolute Gasteiger partial charge is 0.346 e. The van der Waals surface area contributed by atoms with Gasteiger partial charge >= 0.3 is 8.60 Å².